The van der Waals surface area contributed by atoms with Crippen LogP contribution in [0.2, 0.25) is 0 Å². The summed E-state index contributed by atoms with van der Waals surface area (Å²) in [5.74, 6) is -0.178. The number of anilines is 1. The molecule has 0 heterocycles. The number of nitrogens with zero attached hydrogens (tertiary/aromatic N) is 3. The van der Waals surface area contributed by atoms with Crippen molar-refractivity contribution in [1.82, 2.24) is 0 Å². The second kappa shape index (κ2) is 7.38. The number of aliphatic hydroxyl groups excluding tert-OH is 2. The Balaban J connectivity index is 2.63. The van der Waals surface area contributed by atoms with Crippen LogP contribution in [0.25, 0.3) is 10.4 Å². The van der Waals surface area contributed by atoms with Crippen LogP contribution in [0, 0.1) is 0 Å². The van der Waals surface area contributed by atoms with Gasteiger partial charge in [0.15, 0.2) is 0 Å². The fraction of sp³-hybridized carbons (Fsp3) is 0.417. The minimum atomic E-state index is -1.06. The summed E-state index contributed by atoms with van der Waals surface area (Å²) < 4.78 is 0. The summed E-state index contributed by atoms with van der Waals surface area (Å²) in [5.41, 5.74) is 9.26. The molecule has 1 amide bonds. The van der Waals surface area contributed by atoms with Crippen LogP contribution in [0.1, 0.15) is 25.0 Å². The Bertz CT molecular complexity index is 468. The van der Waals surface area contributed by atoms with Gasteiger partial charge in [-0.2, -0.15) is 0 Å². The Morgan fingerprint density at radius 1 is 1.42 bits per heavy atom. The van der Waals surface area contributed by atoms with E-state index in [4.69, 9.17) is 5.53 Å². The summed E-state index contributed by atoms with van der Waals surface area (Å²) in [5, 5.41) is 25.5. The number of hydrogen-bond donors (Lipinski definition) is 3. The van der Waals surface area contributed by atoms with Crippen molar-refractivity contribution < 1.29 is 15.0 Å². The molecule has 0 radical (unpaired) electrons. The zero-order valence-electron chi connectivity index (χ0n) is 10.5. The molecule has 0 fully saturated rings. The number of rotatable bonds is 6. The van der Waals surface area contributed by atoms with Crippen LogP contribution in [0.15, 0.2) is 29.4 Å². The highest BCUT2D eigenvalue weighted by molar-refractivity contribution is 5.88. The van der Waals surface area contributed by atoms with E-state index in [1.54, 1.807) is 24.3 Å². The fourth-order valence-electron chi connectivity index (χ4n) is 1.58. The standard InChI is InChI=1S/C12H16N4O3/c1-8(17)15-10-4-2-9(3-5-10)12(19)11(18)6-7-14-16-13/h2-5,11-12,18-19H,6-7H2,1H3,(H,15,17). The minimum Gasteiger partial charge on any atom is -0.390 e. The molecule has 102 valence electrons. The van der Waals surface area contributed by atoms with Gasteiger partial charge in [-0.25, -0.2) is 0 Å². The van der Waals surface area contributed by atoms with E-state index in [0.717, 1.165) is 0 Å². The Morgan fingerprint density at radius 2 is 2.05 bits per heavy atom. The molecule has 19 heavy (non-hydrogen) atoms. The number of amides is 1. The first-order chi connectivity index (χ1) is 9.04. The van der Waals surface area contributed by atoms with E-state index in [2.05, 4.69) is 15.3 Å². The first-order valence-electron chi connectivity index (χ1n) is 5.79. The van der Waals surface area contributed by atoms with Gasteiger partial charge in [0.1, 0.15) is 6.10 Å². The Hall–Kier alpha value is -2.08. The van der Waals surface area contributed by atoms with E-state index < -0.39 is 12.2 Å². The Morgan fingerprint density at radius 3 is 2.58 bits per heavy atom. The zero-order valence-corrected chi connectivity index (χ0v) is 10.5. The summed E-state index contributed by atoms with van der Waals surface area (Å²) in [6.07, 6.45) is -1.88. The van der Waals surface area contributed by atoms with Crippen molar-refractivity contribution in [2.24, 2.45) is 5.11 Å². The number of aliphatic hydroxyl groups is 2. The highest BCUT2D eigenvalue weighted by atomic mass is 16.3. The van der Waals surface area contributed by atoms with Crippen molar-refractivity contribution in [2.75, 3.05) is 11.9 Å². The molecule has 1 aromatic carbocycles. The lowest BCUT2D eigenvalue weighted by Crippen LogP contribution is -2.19. The van der Waals surface area contributed by atoms with Crippen molar-refractivity contribution in [3.05, 3.63) is 40.3 Å². The number of azide groups is 1. The molecule has 1 aromatic rings. The molecule has 3 N–H and O–H groups in total. The first-order valence-corrected chi connectivity index (χ1v) is 5.79. The monoisotopic (exact) mass is 264 g/mol. The number of carbonyl (C=O) groups is 1. The third-order valence-electron chi connectivity index (χ3n) is 2.53. The van der Waals surface area contributed by atoms with Gasteiger partial charge in [-0.1, -0.05) is 17.2 Å². The zero-order chi connectivity index (χ0) is 14.3. The Kier molecular flexibility index (Phi) is 5.81. The van der Waals surface area contributed by atoms with Crippen molar-refractivity contribution in [1.29, 1.82) is 0 Å². The van der Waals surface area contributed by atoms with Crippen molar-refractivity contribution in [3.63, 3.8) is 0 Å². The van der Waals surface area contributed by atoms with E-state index >= 15 is 0 Å². The van der Waals surface area contributed by atoms with Gasteiger partial charge in [-0.15, -0.1) is 0 Å². The molecule has 0 aliphatic carbocycles. The van der Waals surface area contributed by atoms with Crippen molar-refractivity contribution >= 4 is 11.6 Å². The van der Waals surface area contributed by atoms with E-state index in [9.17, 15) is 15.0 Å². The lowest BCUT2D eigenvalue weighted by molar-refractivity contribution is -0.114. The lowest BCUT2D eigenvalue weighted by atomic mass is 10.0. The molecule has 0 aliphatic heterocycles. The van der Waals surface area contributed by atoms with E-state index in [1.807, 2.05) is 0 Å². The largest absolute Gasteiger partial charge is 0.390 e. The van der Waals surface area contributed by atoms with Gasteiger partial charge in [0, 0.05) is 24.1 Å². The van der Waals surface area contributed by atoms with Gasteiger partial charge in [-0.05, 0) is 29.6 Å². The van der Waals surface area contributed by atoms with Crippen LogP contribution in [-0.4, -0.2) is 28.8 Å². The molecular weight excluding hydrogens is 248 g/mol. The number of benzene rings is 1. The third-order valence-corrected chi connectivity index (χ3v) is 2.53. The summed E-state index contributed by atoms with van der Waals surface area (Å²) in [4.78, 5) is 13.4. The topological polar surface area (TPSA) is 118 Å². The second-order valence-corrected chi connectivity index (χ2v) is 4.06. The van der Waals surface area contributed by atoms with Crippen LogP contribution in [0.3, 0.4) is 0 Å². The molecule has 2 unspecified atom stereocenters. The summed E-state index contributed by atoms with van der Waals surface area (Å²) in [7, 11) is 0. The molecule has 0 aromatic heterocycles. The molecule has 2 atom stereocenters. The molecular formula is C12H16N4O3. The van der Waals surface area contributed by atoms with Crippen LogP contribution >= 0.6 is 0 Å². The maximum atomic E-state index is 10.8. The van der Waals surface area contributed by atoms with Crippen molar-refractivity contribution in [2.45, 2.75) is 25.6 Å². The number of nitrogens with one attached hydrogen (secondary N) is 1. The van der Waals surface area contributed by atoms with E-state index in [0.29, 0.717) is 11.3 Å². The summed E-state index contributed by atoms with van der Waals surface area (Å²) in [6, 6.07) is 6.51. The normalized spacial score (nSPS) is 13.2. The third kappa shape index (κ3) is 4.97. The van der Waals surface area contributed by atoms with Gasteiger partial charge in [-0.3, -0.25) is 4.79 Å². The van der Waals surface area contributed by atoms with E-state index in [1.165, 1.54) is 6.92 Å². The SMILES string of the molecule is CC(=O)Nc1ccc(C(O)C(O)CCN=[N+]=[N-])cc1. The smallest absolute Gasteiger partial charge is 0.221 e. The molecule has 7 heteroatoms. The average Bonchev–Trinajstić information content (AvgIpc) is 2.38. The molecule has 1 rings (SSSR count). The predicted octanol–water partition coefficient (Wildman–Crippen LogP) is 1.74. The van der Waals surface area contributed by atoms with Crippen LogP contribution in [-0.2, 0) is 4.79 Å². The van der Waals surface area contributed by atoms with Gasteiger partial charge in [0.2, 0.25) is 5.91 Å². The summed E-state index contributed by atoms with van der Waals surface area (Å²) in [6.45, 7) is 1.53. The average molecular weight is 264 g/mol. The molecule has 0 aliphatic rings. The number of hydrogen-bond acceptors (Lipinski definition) is 4. The van der Waals surface area contributed by atoms with Gasteiger partial charge in [0.05, 0.1) is 6.10 Å². The molecule has 0 saturated carbocycles. The van der Waals surface area contributed by atoms with Crippen LogP contribution in [0.5, 0.6) is 0 Å². The van der Waals surface area contributed by atoms with Crippen LogP contribution < -0.4 is 5.32 Å². The molecule has 0 saturated heterocycles. The maximum Gasteiger partial charge on any atom is 0.221 e. The highest BCUT2D eigenvalue weighted by Crippen LogP contribution is 2.21. The molecule has 0 bridgehead atoms. The van der Waals surface area contributed by atoms with Gasteiger partial charge in [0.25, 0.3) is 0 Å². The quantitative estimate of drug-likeness (QED) is 0.412. The second-order valence-electron chi connectivity index (χ2n) is 4.06. The molecule has 0 spiro atoms. The summed E-state index contributed by atoms with van der Waals surface area (Å²) >= 11 is 0. The van der Waals surface area contributed by atoms with Crippen LogP contribution in [0.4, 0.5) is 5.69 Å². The highest BCUT2D eigenvalue weighted by Gasteiger charge is 2.17. The first kappa shape index (κ1) is 15.0. The molecule has 7 nitrogen and oxygen atoms in total. The van der Waals surface area contributed by atoms with Gasteiger partial charge >= 0.3 is 0 Å². The van der Waals surface area contributed by atoms with Crippen molar-refractivity contribution in [3.8, 4) is 0 Å². The predicted molar refractivity (Wildman–Crippen MR) is 70.3 cm³/mol. The Labute approximate surface area is 110 Å². The number of carbonyl (C=O) groups excluding carboxylic acids is 1. The van der Waals surface area contributed by atoms with Gasteiger partial charge < -0.3 is 15.5 Å². The minimum absolute atomic E-state index is 0.124. The lowest BCUT2D eigenvalue weighted by Gasteiger charge is -2.17. The maximum absolute atomic E-state index is 10.8. The van der Waals surface area contributed by atoms with E-state index in [-0.39, 0.29) is 18.9 Å². The fourth-order valence-corrected chi connectivity index (χ4v) is 1.58.